The van der Waals surface area contributed by atoms with Gasteiger partial charge in [0, 0.05) is 5.02 Å². The number of nitriles is 1. The van der Waals surface area contributed by atoms with E-state index in [0.717, 1.165) is 11.0 Å². The number of anilines is 1. The molecule has 1 heterocycles. The van der Waals surface area contributed by atoms with Gasteiger partial charge >= 0.3 is 0 Å². The zero-order valence-corrected chi connectivity index (χ0v) is 16.6. The molecule has 0 saturated carbocycles. The van der Waals surface area contributed by atoms with Crippen LogP contribution in [0.2, 0.25) is 5.02 Å². The van der Waals surface area contributed by atoms with Crippen LogP contribution in [0.25, 0.3) is 11.0 Å². The number of nitrogens with zero attached hydrogens (tertiary/aromatic N) is 3. The molecular formula is C23H17ClN4O2. The number of benzene rings is 3. The third kappa shape index (κ3) is 4.27. The Morgan fingerprint density at radius 1 is 1.07 bits per heavy atom. The average Bonchev–Trinajstić information content (AvgIpc) is 3.11. The van der Waals surface area contributed by atoms with Gasteiger partial charge in [-0.25, -0.2) is 4.98 Å². The van der Waals surface area contributed by atoms with E-state index in [1.54, 1.807) is 48.5 Å². The standard InChI is InChI=1S/C23H17ClN4O2/c24-17-9-11-18(12-10-17)30-15-22-26-20-7-3-4-8-21(20)28(22)14-23(29)27-19-6-2-1-5-16(19)13-25/h1-12H,14-15H2,(H,27,29). The summed E-state index contributed by atoms with van der Waals surface area (Å²) in [5, 5.41) is 12.7. The molecule has 148 valence electrons. The molecule has 3 aromatic carbocycles. The van der Waals surface area contributed by atoms with Crippen molar-refractivity contribution in [2.24, 2.45) is 0 Å². The van der Waals surface area contributed by atoms with E-state index in [9.17, 15) is 10.1 Å². The summed E-state index contributed by atoms with van der Waals surface area (Å²) in [7, 11) is 0. The van der Waals surface area contributed by atoms with Crippen LogP contribution in [0.15, 0.2) is 72.8 Å². The lowest BCUT2D eigenvalue weighted by molar-refractivity contribution is -0.116. The Morgan fingerprint density at radius 2 is 1.80 bits per heavy atom. The SMILES string of the molecule is N#Cc1ccccc1NC(=O)Cn1c(COc2ccc(Cl)cc2)nc2ccccc21. The van der Waals surface area contributed by atoms with Gasteiger partial charge in [0.25, 0.3) is 0 Å². The van der Waals surface area contributed by atoms with E-state index >= 15 is 0 Å². The minimum Gasteiger partial charge on any atom is -0.486 e. The summed E-state index contributed by atoms with van der Waals surface area (Å²) in [6, 6.07) is 23.6. The highest BCUT2D eigenvalue weighted by Gasteiger charge is 2.15. The minimum absolute atomic E-state index is 0.0413. The lowest BCUT2D eigenvalue weighted by atomic mass is 10.2. The van der Waals surface area contributed by atoms with Crippen LogP contribution < -0.4 is 10.1 Å². The van der Waals surface area contributed by atoms with Crippen molar-refractivity contribution in [1.82, 2.24) is 9.55 Å². The molecule has 1 amide bonds. The molecule has 0 fully saturated rings. The summed E-state index contributed by atoms with van der Waals surface area (Å²) in [4.78, 5) is 17.3. The van der Waals surface area contributed by atoms with Gasteiger partial charge in [-0.15, -0.1) is 0 Å². The summed E-state index contributed by atoms with van der Waals surface area (Å²) >= 11 is 5.92. The Hall–Kier alpha value is -3.82. The highest BCUT2D eigenvalue weighted by Crippen LogP contribution is 2.20. The number of nitrogens with one attached hydrogen (secondary N) is 1. The van der Waals surface area contributed by atoms with Crippen molar-refractivity contribution < 1.29 is 9.53 Å². The molecule has 0 unspecified atom stereocenters. The number of hydrogen-bond donors (Lipinski definition) is 1. The van der Waals surface area contributed by atoms with Crippen LogP contribution in [-0.2, 0) is 17.9 Å². The Balaban J connectivity index is 1.57. The van der Waals surface area contributed by atoms with E-state index in [0.29, 0.717) is 27.8 Å². The predicted molar refractivity (Wildman–Crippen MR) is 115 cm³/mol. The molecule has 0 bridgehead atoms. The Morgan fingerprint density at radius 3 is 2.60 bits per heavy atom. The molecule has 6 nitrogen and oxygen atoms in total. The Kier molecular flexibility index (Phi) is 5.64. The second kappa shape index (κ2) is 8.68. The summed E-state index contributed by atoms with van der Waals surface area (Å²) < 4.78 is 7.65. The molecule has 1 N–H and O–H groups in total. The number of ether oxygens (including phenoxy) is 1. The van der Waals surface area contributed by atoms with Crippen molar-refractivity contribution in [2.45, 2.75) is 13.2 Å². The number of carbonyl (C=O) groups is 1. The second-order valence-corrected chi connectivity index (χ2v) is 6.99. The fourth-order valence-electron chi connectivity index (χ4n) is 3.11. The zero-order chi connectivity index (χ0) is 20.9. The quantitative estimate of drug-likeness (QED) is 0.490. The number of imidazole rings is 1. The fourth-order valence-corrected chi connectivity index (χ4v) is 3.24. The third-order valence-corrected chi connectivity index (χ3v) is 4.79. The molecular weight excluding hydrogens is 400 g/mol. The average molecular weight is 417 g/mol. The van der Waals surface area contributed by atoms with Crippen LogP contribution in [0.5, 0.6) is 5.75 Å². The number of fused-ring (bicyclic) bond motifs is 1. The zero-order valence-electron chi connectivity index (χ0n) is 15.9. The molecule has 4 aromatic rings. The largest absolute Gasteiger partial charge is 0.486 e. The summed E-state index contributed by atoms with van der Waals surface area (Å²) in [5.41, 5.74) is 2.49. The summed E-state index contributed by atoms with van der Waals surface area (Å²) in [5.74, 6) is 1.02. The molecule has 0 aliphatic heterocycles. The van der Waals surface area contributed by atoms with Gasteiger partial charge in [-0.3, -0.25) is 4.79 Å². The number of rotatable bonds is 6. The van der Waals surface area contributed by atoms with Gasteiger partial charge < -0.3 is 14.6 Å². The number of aromatic nitrogens is 2. The van der Waals surface area contributed by atoms with Crippen molar-refractivity contribution in [3.63, 3.8) is 0 Å². The van der Waals surface area contributed by atoms with Crippen molar-refractivity contribution >= 4 is 34.2 Å². The summed E-state index contributed by atoms with van der Waals surface area (Å²) in [6.07, 6.45) is 0. The van der Waals surface area contributed by atoms with E-state index in [1.165, 1.54) is 0 Å². The molecule has 0 radical (unpaired) electrons. The topological polar surface area (TPSA) is 79.9 Å². The van der Waals surface area contributed by atoms with E-state index in [2.05, 4.69) is 16.4 Å². The molecule has 1 aromatic heterocycles. The highest BCUT2D eigenvalue weighted by atomic mass is 35.5. The lowest BCUT2D eigenvalue weighted by Gasteiger charge is -2.12. The van der Waals surface area contributed by atoms with Gasteiger partial charge in [0.15, 0.2) is 0 Å². The first-order valence-electron chi connectivity index (χ1n) is 9.25. The Labute approximate surface area is 178 Å². The first kappa shape index (κ1) is 19.5. The number of para-hydroxylation sites is 3. The molecule has 0 spiro atoms. The van der Waals surface area contributed by atoms with Crippen LogP contribution in [0.3, 0.4) is 0 Å². The van der Waals surface area contributed by atoms with Gasteiger partial charge in [0.2, 0.25) is 5.91 Å². The Bertz CT molecular complexity index is 1240. The predicted octanol–water partition coefficient (Wildman–Crippen LogP) is 4.78. The number of amides is 1. The highest BCUT2D eigenvalue weighted by molar-refractivity contribution is 6.30. The van der Waals surface area contributed by atoms with Crippen LogP contribution in [0, 0.1) is 11.3 Å². The van der Waals surface area contributed by atoms with E-state index in [1.807, 2.05) is 28.8 Å². The van der Waals surface area contributed by atoms with Gasteiger partial charge in [-0.1, -0.05) is 35.9 Å². The first-order chi connectivity index (χ1) is 14.6. The van der Waals surface area contributed by atoms with Gasteiger partial charge in [0.1, 0.15) is 30.8 Å². The molecule has 0 aliphatic carbocycles. The van der Waals surface area contributed by atoms with Crippen LogP contribution in [0.4, 0.5) is 5.69 Å². The monoisotopic (exact) mass is 416 g/mol. The number of carbonyl (C=O) groups excluding carboxylic acids is 1. The van der Waals surface area contributed by atoms with Gasteiger partial charge in [-0.2, -0.15) is 5.26 Å². The van der Waals surface area contributed by atoms with E-state index < -0.39 is 0 Å². The minimum atomic E-state index is -0.256. The van der Waals surface area contributed by atoms with Gasteiger partial charge in [0.05, 0.1) is 22.3 Å². The molecule has 0 saturated heterocycles. The van der Waals surface area contributed by atoms with E-state index in [4.69, 9.17) is 16.3 Å². The molecule has 4 rings (SSSR count). The maximum absolute atomic E-state index is 12.7. The maximum atomic E-state index is 12.7. The number of hydrogen-bond acceptors (Lipinski definition) is 4. The molecule has 0 aliphatic rings. The smallest absolute Gasteiger partial charge is 0.244 e. The van der Waals surface area contributed by atoms with Crippen molar-refractivity contribution in [3.8, 4) is 11.8 Å². The lowest BCUT2D eigenvalue weighted by Crippen LogP contribution is -2.21. The van der Waals surface area contributed by atoms with Crippen LogP contribution in [0.1, 0.15) is 11.4 Å². The number of halogens is 1. The normalized spacial score (nSPS) is 10.5. The van der Waals surface area contributed by atoms with E-state index in [-0.39, 0.29) is 19.1 Å². The van der Waals surface area contributed by atoms with Crippen molar-refractivity contribution in [3.05, 3.63) is 89.2 Å². The van der Waals surface area contributed by atoms with Crippen LogP contribution in [-0.4, -0.2) is 15.5 Å². The second-order valence-electron chi connectivity index (χ2n) is 6.55. The van der Waals surface area contributed by atoms with Crippen molar-refractivity contribution in [1.29, 1.82) is 5.26 Å². The first-order valence-corrected chi connectivity index (χ1v) is 9.63. The van der Waals surface area contributed by atoms with Crippen molar-refractivity contribution in [2.75, 3.05) is 5.32 Å². The maximum Gasteiger partial charge on any atom is 0.244 e. The van der Waals surface area contributed by atoms with Crippen LogP contribution >= 0.6 is 11.6 Å². The third-order valence-electron chi connectivity index (χ3n) is 4.54. The summed E-state index contributed by atoms with van der Waals surface area (Å²) in [6.45, 7) is 0.234. The fraction of sp³-hybridized carbons (Fsp3) is 0.0870. The van der Waals surface area contributed by atoms with Gasteiger partial charge in [-0.05, 0) is 48.5 Å². The molecule has 0 atom stereocenters. The molecule has 7 heteroatoms. The molecule has 30 heavy (non-hydrogen) atoms.